The van der Waals surface area contributed by atoms with Gasteiger partial charge in [0.2, 0.25) is 0 Å². The normalized spacial score (nSPS) is 10.8. The van der Waals surface area contributed by atoms with Crippen molar-refractivity contribution in [2.75, 3.05) is 20.8 Å². The van der Waals surface area contributed by atoms with Crippen LogP contribution in [0.5, 0.6) is 23.0 Å². The molecular weight excluding hydrogens is 398 g/mol. The Bertz CT molecular complexity index is 943. The van der Waals surface area contributed by atoms with Crippen LogP contribution in [0.2, 0.25) is 0 Å². The van der Waals surface area contributed by atoms with Gasteiger partial charge in [0.1, 0.15) is 0 Å². The number of hydrogen-bond acceptors (Lipinski definition) is 5. The summed E-state index contributed by atoms with van der Waals surface area (Å²) in [5.41, 5.74) is 2.04. The van der Waals surface area contributed by atoms with Crippen molar-refractivity contribution in [1.82, 2.24) is 4.98 Å². The summed E-state index contributed by atoms with van der Waals surface area (Å²) in [6.07, 6.45) is 4.10. The highest BCUT2D eigenvalue weighted by atomic mass is 79.9. The molecule has 26 heavy (non-hydrogen) atoms. The van der Waals surface area contributed by atoms with Crippen LogP contribution in [0.1, 0.15) is 18.1 Å². The van der Waals surface area contributed by atoms with Crippen molar-refractivity contribution in [3.63, 3.8) is 0 Å². The Morgan fingerprint density at radius 2 is 1.85 bits per heavy atom. The number of phenolic OH excluding ortho intramolecular Hbond substituents is 1. The third-order valence-electron chi connectivity index (χ3n) is 4.15. The van der Waals surface area contributed by atoms with Crippen molar-refractivity contribution in [2.45, 2.75) is 13.3 Å². The van der Waals surface area contributed by atoms with Gasteiger partial charge in [-0.3, -0.25) is 4.98 Å². The Hall–Kier alpha value is -2.47. The molecule has 0 saturated carbocycles. The molecule has 0 fully saturated rings. The van der Waals surface area contributed by atoms with E-state index in [-0.39, 0.29) is 5.75 Å². The lowest BCUT2D eigenvalue weighted by Crippen LogP contribution is -1.97. The zero-order valence-electron chi connectivity index (χ0n) is 14.9. The van der Waals surface area contributed by atoms with E-state index in [0.29, 0.717) is 35.7 Å². The van der Waals surface area contributed by atoms with E-state index in [1.165, 1.54) is 0 Å². The summed E-state index contributed by atoms with van der Waals surface area (Å²) in [4.78, 5) is 4.29. The summed E-state index contributed by atoms with van der Waals surface area (Å²) in [6.45, 7) is 2.37. The zero-order valence-corrected chi connectivity index (χ0v) is 16.5. The predicted molar refractivity (Wildman–Crippen MR) is 105 cm³/mol. The molecule has 0 bridgehead atoms. The van der Waals surface area contributed by atoms with Crippen molar-refractivity contribution in [1.29, 1.82) is 0 Å². The van der Waals surface area contributed by atoms with Crippen LogP contribution in [0.25, 0.3) is 10.8 Å². The maximum absolute atomic E-state index is 10.5. The molecule has 0 aliphatic heterocycles. The van der Waals surface area contributed by atoms with Crippen molar-refractivity contribution in [3.8, 4) is 23.0 Å². The molecule has 1 N–H and O–H groups in total. The standard InChI is InChI=1S/C20H20BrNO4/c1-4-26-17-6-5-14-13(10-22-11-15(14)19(17)23)7-12-8-16(21)20(25-3)18(9-12)24-2/h5-6,8-11,23H,4,7H2,1-3H3. The fourth-order valence-corrected chi connectivity index (χ4v) is 3.63. The van der Waals surface area contributed by atoms with E-state index < -0.39 is 0 Å². The minimum absolute atomic E-state index is 0.118. The molecule has 5 nitrogen and oxygen atoms in total. The molecule has 0 atom stereocenters. The maximum atomic E-state index is 10.5. The number of aromatic nitrogens is 1. The van der Waals surface area contributed by atoms with Crippen molar-refractivity contribution in [2.24, 2.45) is 0 Å². The van der Waals surface area contributed by atoms with Crippen LogP contribution in [-0.2, 0) is 6.42 Å². The van der Waals surface area contributed by atoms with E-state index >= 15 is 0 Å². The van der Waals surface area contributed by atoms with E-state index in [1.54, 1.807) is 26.5 Å². The largest absolute Gasteiger partial charge is 0.504 e. The summed E-state index contributed by atoms with van der Waals surface area (Å²) in [5.74, 6) is 1.90. The summed E-state index contributed by atoms with van der Waals surface area (Å²) in [6, 6.07) is 7.67. The Balaban J connectivity index is 2.04. The number of benzene rings is 2. The fourth-order valence-electron chi connectivity index (χ4n) is 2.98. The number of phenols is 1. The molecule has 6 heteroatoms. The fraction of sp³-hybridized carbons (Fsp3) is 0.250. The zero-order chi connectivity index (χ0) is 18.7. The Morgan fingerprint density at radius 1 is 1.04 bits per heavy atom. The monoisotopic (exact) mass is 417 g/mol. The van der Waals surface area contributed by atoms with Crippen molar-refractivity contribution >= 4 is 26.7 Å². The molecule has 0 unspecified atom stereocenters. The van der Waals surface area contributed by atoms with Crippen molar-refractivity contribution < 1.29 is 19.3 Å². The summed E-state index contributed by atoms with van der Waals surface area (Å²) >= 11 is 3.52. The molecular formula is C20H20BrNO4. The van der Waals surface area contributed by atoms with Gasteiger partial charge in [-0.25, -0.2) is 0 Å². The Kier molecular flexibility index (Phi) is 5.52. The lowest BCUT2D eigenvalue weighted by atomic mass is 10.00. The van der Waals surface area contributed by atoms with E-state index in [0.717, 1.165) is 21.0 Å². The highest BCUT2D eigenvalue weighted by Crippen LogP contribution is 2.38. The summed E-state index contributed by atoms with van der Waals surface area (Å²) < 4.78 is 17.1. The van der Waals surface area contributed by atoms with Gasteiger partial charge >= 0.3 is 0 Å². The third-order valence-corrected chi connectivity index (χ3v) is 4.74. The first-order chi connectivity index (χ1) is 12.6. The predicted octanol–water partition coefficient (Wildman–Crippen LogP) is 4.71. The number of rotatable bonds is 6. The van der Waals surface area contributed by atoms with Crippen LogP contribution in [0.4, 0.5) is 0 Å². The van der Waals surface area contributed by atoms with Gasteiger partial charge in [-0.1, -0.05) is 6.07 Å². The lowest BCUT2D eigenvalue weighted by molar-refractivity contribution is 0.320. The first kappa shape index (κ1) is 18.3. The van der Waals surface area contributed by atoms with Gasteiger partial charge < -0.3 is 19.3 Å². The van der Waals surface area contributed by atoms with Crippen LogP contribution >= 0.6 is 15.9 Å². The number of halogens is 1. The van der Waals surface area contributed by atoms with Gasteiger partial charge in [0.15, 0.2) is 23.0 Å². The van der Waals surface area contributed by atoms with Gasteiger partial charge in [0, 0.05) is 17.8 Å². The maximum Gasteiger partial charge on any atom is 0.174 e. The molecule has 3 aromatic rings. The molecule has 0 saturated heterocycles. The third kappa shape index (κ3) is 3.42. The van der Waals surface area contributed by atoms with Gasteiger partial charge in [0.05, 0.1) is 25.3 Å². The topological polar surface area (TPSA) is 60.8 Å². The molecule has 0 aliphatic carbocycles. The quantitative estimate of drug-likeness (QED) is 0.629. The van der Waals surface area contributed by atoms with Gasteiger partial charge in [0.25, 0.3) is 0 Å². The molecule has 0 spiro atoms. The van der Waals surface area contributed by atoms with Crippen LogP contribution in [0, 0.1) is 0 Å². The van der Waals surface area contributed by atoms with E-state index in [9.17, 15) is 5.11 Å². The molecule has 3 rings (SSSR count). The number of hydrogen-bond donors (Lipinski definition) is 1. The van der Waals surface area contributed by atoms with E-state index in [2.05, 4.69) is 20.9 Å². The Labute approximate surface area is 160 Å². The second-order valence-electron chi connectivity index (χ2n) is 5.73. The highest BCUT2D eigenvalue weighted by molar-refractivity contribution is 9.10. The first-order valence-electron chi connectivity index (χ1n) is 8.20. The number of pyridine rings is 1. The van der Waals surface area contributed by atoms with Crippen molar-refractivity contribution in [3.05, 3.63) is 52.3 Å². The second kappa shape index (κ2) is 7.83. The van der Waals surface area contributed by atoms with Gasteiger partial charge in [-0.2, -0.15) is 0 Å². The minimum atomic E-state index is 0.118. The summed E-state index contributed by atoms with van der Waals surface area (Å²) in [5, 5.41) is 12.1. The second-order valence-corrected chi connectivity index (χ2v) is 6.58. The summed E-state index contributed by atoms with van der Waals surface area (Å²) in [7, 11) is 3.22. The SMILES string of the molecule is CCOc1ccc2c(Cc3cc(Br)c(OC)c(OC)c3)cncc2c1O. The molecule has 1 aromatic heterocycles. The van der Waals surface area contributed by atoms with Gasteiger partial charge in [-0.15, -0.1) is 0 Å². The first-order valence-corrected chi connectivity index (χ1v) is 9.00. The number of methoxy groups -OCH3 is 2. The van der Waals surface area contributed by atoms with Gasteiger partial charge in [-0.05, 0) is 64.0 Å². The molecule has 0 aliphatic rings. The van der Waals surface area contributed by atoms with Crippen LogP contribution in [-0.4, -0.2) is 30.9 Å². The van der Waals surface area contributed by atoms with Crippen LogP contribution in [0.3, 0.4) is 0 Å². The van der Waals surface area contributed by atoms with Crippen LogP contribution in [0.15, 0.2) is 41.1 Å². The average molecular weight is 418 g/mol. The molecule has 2 aromatic carbocycles. The molecule has 1 heterocycles. The number of fused-ring (bicyclic) bond motifs is 1. The number of ether oxygens (including phenoxy) is 3. The minimum Gasteiger partial charge on any atom is -0.504 e. The number of aromatic hydroxyl groups is 1. The average Bonchev–Trinajstić information content (AvgIpc) is 2.64. The molecule has 0 radical (unpaired) electrons. The lowest BCUT2D eigenvalue weighted by Gasteiger charge is -2.14. The molecule has 136 valence electrons. The van der Waals surface area contributed by atoms with E-state index in [4.69, 9.17) is 14.2 Å². The Morgan fingerprint density at radius 3 is 2.54 bits per heavy atom. The van der Waals surface area contributed by atoms with Crippen LogP contribution < -0.4 is 14.2 Å². The smallest absolute Gasteiger partial charge is 0.174 e. The number of nitrogens with zero attached hydrogens (tertiary/aromatic N) is 1. The van der Waals surface area contributed by atoms with E-state index in [1.807, 2.05) is 31.3 Å². The highest BCUT2D eigenvalue weighted by Gasteiger charge is 2.14. The molecule has 0 amide bonds.